The molecule has 1 amide bonds. The number of aromatic nitrogens is 1. The number of nitrogens with zero attached hydrogens (tertiary/aromatic N) is 1. The zero-order valence-electron chi connectivity index (χ0n) is 9.32. The second kappa shape index (κ2) is 4.70. The Labute approximate surface area is 102 Å². The van der Waals surface area contributed by atoms with Crippen LogP contribution in [0.5, 0.6) is 0 Å². The lowest BCUT2D eigenvalue weighted by molar-refractivity contribution is -0.119. The molecule has 0 spiro atoms. The van der Waals surface area contributed by atoms with Crippen molar-refractivity contribution in [2.45, 2.75) is 25.8 Å². The number of rotatable bonds is 5. The maximum Gasteiger partial charge on any atom is 0.340 e. The molecule has 1 aliphatic rings. The van der Waals surface area contributed by atoms with Crippen LogP contribution in [0.15, 0.2) is 0 Å². The fourth-order valence-electron chi connectivity index (χ4n) is 1.41. The molecule has 1 aromatic heterocycles. The Morgan fingerprint density at radius 3 is 2.82 bits per heavy atom. The highest BCUT2D eigenvalue weighted by Gasteiger charge is 2.23. The number of aryl methyl sites for hydroxylation is 1. The third-order valence-electron chi connectivity index (χ3n) is 2.43. The summed E-state index contributed by atoms with van der Waals surface area (Å²) in [5, 5.41) is 15.0. The highest BCUT2D eigenvalue weighted by molar-refractivity contribution is 7.10. The number of aromatic carboxylic acids is 1. The molecule has 1 fully saturated rings. The van der Waals surface area contributed by atoms with E-state index >= 15 is 0 Å². The van der Waals surface area contributed by atoms with Crippen molar-refractivity contribution in [3.8, 4) is 0 Å². The number of nitrogens with one attached hydrogen (secondary N) is 2. The predicted octanol–water partition coefficient (Wildman–Crippen LogP) is 0.840. The standard InChI is InChI=1S/C10H13N3O3S/c1-5-8(10(15)16)9(17-13-5)11-4-7(14)12-6-2-3-6/h6,11H,2-4H2,1H3,(H,12,14)(H,15,16). The van der Waals surface area contributed by atoms with Gasteiger partial charge < -0.3 is 15.7 Å². The number of carbonyl (C=O) groups excluding carboxylic acids is 1. The van der Waals surface area contributed by atoms with Gasteiger partial charge in [-0.3, -0.25) is 4.79 Å². The number of anilines is 1. The van der Waals surface area contributed by atoms with Gasteiger partial charge in [-0.2, -0.15) is 4.37 Å². The maximum atomic E-state index is 11.4. The second-order valence-electron chi connectivity index (χ2n) is 3.97. The van der Waals surface area contributed by atoms with Crippen molar-refractivity contribution in [1.29, 1.82) is 0 Å². The lowest BCUT2D eigenvalue weighted by Crippen LogP contribution is -2.31. The fourth-order valence-corrected chi connectivity index (χ4v) is 2.19. The van der Waals surface area contributed by atoms with Crippen LogP contribution in [0.2, 0.25) is 0 Å². The van der Waals surface area contributed by atoms with Crippen molar-refractivity contribution in [2.75, 3.05) is 11.9 Å². The summed E-state index contributed by atoms with van der Waals surface area (Å²) in [6.07, 6.45) is 2.07. The second-order valence-corrected chi connectivity index (χ2v) is 4.75. The average Bonchev–Trinajstić information content (AvgIpc) is 2.97. The van der Waals surface area contributed by atoms with E-state index in [0.29, 0.717) is 16.7 Å². The molecule has 1 aliphatic carbocycles. The first kappa shape index (κ1) is 11.8. The van der Waals surface area contributed by atoms with E-state index in [4.69, 9.17) is 5.11 Å². The molecule has 1 aromatic rings. The van der Waals surface area contributed by atoms with Crippen LogP contribution >= 0.6 is 11.5 Å². The first-order chi connectivity index (χ1) is 8.08. The summed E-state index contributed by atoms with van der Waals surface area (Å²) in [5.74, 6) is -1.14. The normalized spacial score (nSPS) is 14.4. The van der Waals surface area contributed by atoms with Crippen LogP contribution in [-0.2, 0) is 4.79 Å². The van der Waals surface area contributed by atoms with E-state index in [9.17, 15) is 9.59 Å². The number of amides is 1. The van der Waals surface area contributed by atoms with Crippen LogP contribution in [0.25, 0.3) is 0 Å². The Hall–Kier alpha value is -1.63. The Morgan fingerprint density at radius 2 is 2.24 bits per heavy atom. The van der Waals surface area contributed by atoms with Crippen molar-refractivity contribution < 1.29 is 14.7 Å². The van der Waals surface area contributed by atoms with Crippen molar-refractivity contribution >= 4 is 28.4 Å². The summed E-state index contributed by atoms with van der Waals surface area (Å²) in [7, 11) is 0. The molecule has 0 unspecified atom stereocenters. The average molecular weight is 255 g/mol. The molecule has 7 heteroatoms. The van der Waals surface area contributed by atoms with Gasteiger partial charge in [-0.15, -0.1) is 0 Å². The fraction of sp³-hybridized carbons (Fsp3) is 0.500. The van der Waals surface area contributed by atoms with Crippen molar-refractivity contribution in [2.24, 2.45) is 0 Å². The Bertz CT molecular complexity index is 454. The van der Waals surface area contributed by atoms with Crippen LogP contribution in [-0.4, -0.2) is 33.9 Å². The molecule has 17 heavy (non-hydrogen) atoms. The third-order valence-corrected chi connectivity index (χ3v) is 3.32. The van der Waals surface area contributed by atoms with E-state index in [1.54, 1.807) is 6.92 Å². The van der Waals surface area contributed by atoms with Gasteiger partial charge >= 0.3 is 5.97 Å². The summed E-state index contributed by atoms with van der Waals surface area (Å²) in [6, 6.07) is 0.312. The topological polar surface area (TPSA) is 91.3 Å². The van der Waals surface area contributed by atoms with Crippen LogP contribution in [0.4, 0.5) is 5.00 Å². The quantitative estimate of drug-likeness (QED) is 0.725. The summed E-state index contributed by atoms with van der Waals surface area (Å²) in [6.45, 7) is 1.72. The molecule has 2 rings (SSSR count). The molecule has 0 aromatic carbocycles. The molecule has 3 N–H and O–H groups in total. The molecular weight excluding hydrogens is 242 g/mol. The molecule has 0 aliphatic heterocycles. The zero-order chi connectivity index (χ0) is 12.4. The van der Waals surface area contributed by atoms with Gasteiger partial charge in [-0.05, 0) is 31.3 Å². The molecule has 92 valence electrons. The van der Waals surface area contributed by atoms with E-state index in [2.05, 4.69) is 15.0 Å². The molecular formula is C10H13N3O3S. The van der Waals surface area contributed by atoms with E-state index in [1.165, 1.54) is 0 Å². The zero-order valence-corrected chi connectivity index (χ0v) is 10.1. The Kier molecular flexibility index (Phi) is 3.28. The number of carboxylic acids is 1. The van der Waals surface area contributed by atoms with Crippen LogP contribution < -0.4 is 10.6 Å². The Balaban J connectivity index is 1.93. The lowest BCUT2D eigenvalue weighted by atomic mass is 10.2. The number of hydrogen-bond acceptors (Lipinski definition) is 5. The Morgan fingerprint density at radius 1 is 1.53 bits per heavy atom. The highest BCUT2D eigenvalue weighted by atomic mass is 32.1. The van der Waals surface area contributed by atoms with Gasteiger partial charge in [-0.25, -0.2) is 4.79 Å². The van der Waals surface area contributed by atoms with Crippen molar-refractivity contribution in [1.82, 2.24) is 9.69 Å². The molecule has 1 saturated carbocycles. The van der Waals surface area contributed by atoms with Gasteiger partial charge in [0.25, 0.3) is 0 Å². The van der Waals surface area contributed by atoms with Gasteiger partial charge in [0, 0.05) is 6.04 Å². The predicted molar refractivity (Wildman–Crippen MR) is 63.5 cm³/mol. The largest absolute Gasteiger partial charge is 0.478 e. The van der Waals surface area contributed by atoms with Gasteiger partial charge in [-0.1, -0.05) is 0 Å². The first-order valence-corrected chi connectivity index (χ1v) is 6.08. The van der Waals surface area contributed by atoms with E-state index in [0.717, 1.165) is 24.4 Å². The first-order valence-electron chi connectivity index (χ1n) is 5.30. The minimum atomic E-state index is -1.03. The van der Waals surface area contributed by atoms with E-state index < -0.39 is 5.97 Å². The number of hydrogen-bond donors (Lipinski definition) is 3. The number of carboxylic acid groups (broad SMARTS) is 1. The summed E-state index contributed by atoms with van der Waals surface area (Å²) in [5.41, 5.74) is 0.613. The van der Waals surface area contributed by atoms with Gasteiger partial charge in [0.15, 0.2) is 0 Å². The van der Waals surface area contributed by atoms with Crippen LogP contribution in [0.3, 0.4) is 0 Å². The van der Waals surface area contributed by atoms with Gasteiger partial charge in [0.05, 0.1) is 12.2 Å². The smallest absolute Gasteiger partial charge is 0.340 e. The number of carbonyl (C=O) groups is 2. The third kappa shape index (κ3) is 2.94. The summed E-state index contributed by atoms with van der Waals surface area (Å²) >= 11 is 1.06. The van der Waals surface area contributed by atoms with E-state index in [1.807, 2.05) is 0 Å². The summed E-state index contributed by atoms with van der Waals surface area (Å²) < 4.78 is 3.96. The minimum absolute atomic E-state index is 0.0818. The van der Waals surface area contributed by atoms with Crippen molar-refractivity contribution in [3.63, 3.8) is 0 Å². The highest BCUT2D eigenvalue weighted by Crippen LogP contribution is 2.24. The molecule has 0 saturated heterocycles. The van der Waals surface area contributed by atoms with Gasteiger partial charge in [0.1, 0.15) is 10.6 Å². The lowest BCUT2D eigenvalue weighted by Gasteiger charge is -2.05. The van der Waals surface area contributed by atoms with Crippen molar-refractivity contribution in [3.05, 3.63) is 11.3 Å². The molecule has 1 heterocycles. The van der Waals surface area contributed by atoms with Gasteiger partial charge in [0.2, 0.25) is 5.91 Å². The minimum Gasteiger partial charge on any atom is -0.478 e. The van der Waals surface area contributed by atoms with Crippen LogP contribution in [0.1, 0.15) is 28.9 Å². The maximum absolute atomic E-state index is 11.4. The molecule has 0 bridgehead atoms. The molecule has 6 nitrogen and oxygen atoms in total. The van der Waals surface area contributed by atoms with Crippen LogP contribution in [0, 0.1) is 6.92 Å². The monoisotopic (exact) mass is 255 g/mol. The molecule has 0 radical (unpaired) electrons. The summed E-state index contributed by atoms with van der Waals surface area (Å²) in [4.78, 5) is 22.4. The SMILES string of the molecule is Cc1nsc(NCC(=O)NC2CC2)c1C(=O)O. The van der Waals surface area contributed by atoms with E-state index in [-0.39, 0.29) is 18.0 Å². The molecule has 0 atom stereocenters.